The highest BCUT2D eigenvalue weighted by Gasteiger charge is 2.19. The predicted octanol–water partition coefficient (Wildman–Crippen LogP) is 3.93. The minimum Gasteiger partial charge on any atom is -0.357 e. The van der Waals surface area contributed by atoms with E-state index in [0.717, 1.165) is 38.1 Å². The molecule has 1 aromatic rings. The maximum absolute atomic E-state index is 4.79. The van der Waals surface area contributed by atoms with Crippen molar-refractivity contribution in [2.45, 2.75) is 46.1 Å². The number of hydrogen-bond acceptors (Lipinski definition) is 3. The lowest BCUT2D eigenvalue weighted by Gasteiger charge is -2.31. The van der Waals surface area contributed by atoms with Gasteiger partial charge in [-0.05, 0) is 56.6 Å². The van der Waals surface area contributed by atoms with E-state index in [1.54, 1.807) is 0 Å². The zero-order chi connectivity index (χ0) is 16.3. The summed E-state index contributed by atoms with van der Waals surface area (Å²) in [4.78, 5) is 8.85. The molecule has 0 spiro atoms. The Labute approximate surface area is 168 Å². The van der Waals surface area contributed by atoms with E-state index >= 15 is 0 Å². The van der Waals surface area contributed by atoms with Crippen molar-refractivity contribution in [3.05, 3.63) is 22.4 Å². The molecule has 0 unspecified atom stereocenters. The Morgan fingerprint density at radius 1 is 1.29 bits per heavy atom. The van der Waals surface area contributed by atoms with Crippen LogP contribution in [0.1, 0.15) is 44.4 Å². The van der Waals surface area contributed by atoms with E-state index in [9.17, 15) is 0 Å². The van der Waals surface area contributed by atoms with E-state index in [1.807, 2.05) is 11.3 Å². The van der Waals surface area contributed by atoms with Crippen LogP contribution in [0.5, 0.6) is 0 Å². The number of piperidine rings is 1. The first-order chi connectivity index (χ1) is 11.3. The van der Waals surface area contributed by atoms with Gasteiger partial charge >= 0.3 is 0 Å². The first-order valence-corrected chi connectivity index (χ1v) is 9.96. The summed E-state index contributed by atoms with van der Waals surface area (Å²) in [5, 5.41) is 8.95. The van der Waals surface area contributed by atoms with E-state index in [2.05, 4.69) is 46.9 Å². The third kappa shape index (κ3) is 8.16. The Balaban J connectivity index is 0.00000288. The molecule has 1 fully saturated rings. The van der Waals surface area contributed by atoms with Gasteiger partial charge in [0.2, 0.25) is 0 Å². The van der Waals surface area contributed by atoms with Crippen LogP contribution in [-0.2, 0) is 6.54 Å². The fourth-order valence-electron chi connectivity index (χ4n) is 2.90. The second kappa shape index (κ2) is 12.9. The lowest BCUT2D eigenvalue weighted by Crippen LogP contribution is -2.39. The number of nitrogens with zero attached hydrogens (tertiary/aromatic N) is 2. The number of aliphatic imine (C=N–C) groups is 1. The molecule has 0 bridgehead atoms. The summed E-state index contributed by atoms with van der Waals surface area (Å²) in [6, 6.07) is 4.39. The molecule has 2 N–H and O–H groups in total. The summed E-state index contributed by atoms with van der Waals surface area (Å²) < 4.78 is 0. The van der Waals surface area contributed by atoms with Crippen molar-refractivity contribution in [2.75, 3.05) is 32.7 Å². The second-order valence-corrected chi connectivity index (χ2v) is 7.33. The number of likely N-dealkylation sites (tertiary alicyclic amines) is 1. The van der Waals surface area contributed by atoms with Crippen molar-refractivity contribution in [1.82, 2.24) is 15.5 Å². The molecule has 6 heteroatoms. The molecule has 2 heterocycles. The number of unbranched alkanes of at least 4 members (excludes halogenated alkanes) is 1. The van der Waals surface area contributed by atoms with Crippen molar-refractivity contribution < 1.29 is 0 Å². The molecule has 0 aromatic carbocycles. The number of thiophene rings is 1. The molecule has 1 saturated heterocycles. The molecular formula is C18H33IN4S. The molecule has 1 aromatic heterocycles. The van der Waals surface area contributed by atoms with E-state index in [-0.39, 0.29) is 24.0 Å². The second-order valence-electron chi connectivity index (χ2n) is 6.30. The highest BCUT2D eigenvalue weighted by atomic mass is 127. The van der Waals surface area contributed by atoms with Crippen LogP contribution in [-0.4, -0.2) is 43.6 Å². The standard InChI is InChI=1S/C18H32N4S.HI/c1-3-5-10-20-18(19-4-2)21-14-16-8-11-22(12-9-16)15-17-7-6-13-23-17;/h6-7,13,16H,3-5,8-12,14-15H2,1-2H3,(H2,19,20,21);1H. The molecule has 24 heavy (non-hydrogen) atoms. The molecule has 2 rings (SSSR count). The third-order valence-electron chi connectivity index (χ3n) is 4.34. The summed E-state index contributed by atoms with van der Waals surface area (Å²) in [7, 11) is 0. The van der Waals surface area contributed by atoms with Crippen LogP contribution >= 0.6 is 35.3 Å². The molecule has 0 atom stereocenters. The number of guanidine groups is 1. The molecule has 0 radical (unpaired) electrons. The Morgan fingerprint density at radius 2 is 2.08 bits per heavy atom. The third-order valence-corrected chi connectivity index (χ3v) is 5.20. The quantitative estimate of drug-likeness (QED) is 0.265. The molecule has 0 saturated carbocycles. The summed E-state index contributed by atoms with van der Waals surface area (Å²) in [5.74, 6) is 1.72. The number of halogens is 1. The van der Waals surface area contributed by atoms with Crippen LogP contribution in [0, 0.1) is 5.92 Å². The summed E-state index contributed by atoms with van der Waals surface area (Å²) >= 11 is 1.87. The van der Waals surface area contributed by atoms with Crippen LogP contribution < -0.4 is 10.6 Å². The smallest absolute Gasteiger partial charge is 0.191 e. The lowest BCUT2D eigenvalue weighted by molar-refractivity contribution is 0.182. The Morgan fingerprint density at radius 3 is 2.71 bits per heavy atom. The van der Waals surface area contributed by atoms with E-state index in [4.69, 9.17) is 4.99 Å². The largest absolute Gasteiger partial charge is 0.357 e. The van der Waals surface area contributed by atoms with Crippen LogP contribution in [0.25, 0.3) is 0 Å². The maximum Gasteiger partial charge on any atom is 0.191 e. The van der Waals surface area contributed by atoms with Crippen molar-refractivity contribution in [2.24, 2.45) is 10.9 Å². The number of nitrogens with one attached hydrogen (secondary N) is 2. The average Bonchev–Trinajstić information content (AvgIpc) is 3.07. The van der Waals surface area contributed by atoms with E-state index < -0.39 is 0 Å². The first-order valence-electron chi connectivity index (χ1n) is 9.08. The monoisotopic (exact) mass is 464 g/mol. The number of rotatable bonds is 8. The Kier molecular flexibility index (Phi) is 11.7. The van der Waals surface area contributed by atoms with Crippen LogP contribution in [0.15, 0.2) is 22.5 Å². The number of hydrogen-bond donors (Lipinski definition) is 2. The minimum absolute atomic E-state index is 0. The van der Waals surface area contributed by atoms with Crippen LogP contribution in [0.4, 0.5) is 0 Å². The molecule has 138 valence electrons. The summed E-state index contributed by atoms with van der Waals surface area (Å²) in [6.45, 7) is 10.8. The average molecular weight is 464 g/mol. The minimum atomic E-state index is 0. The molecule has 0 amide bonds. The normalized spacial score (nSPS) is 16.7. The molecule has 4 nitrogen and oxygen atoms in total. The van der Waals surface area contributed by atoms with Gasteiger partial charge in [0.1, 0.15) is 0 Å². The maximum atomic E-state index is 4.79. The predicted molar refractivity (Wildman–Crippen MR) is 117 cm³/mol. The van der Waals surface area contributed by atoms with Crippen molar-refractivity contribution in [1.29, 1.82) is 0 Å². The van der Waals surface area contributed by atoms with Gasteiger partial charge in [0.25, 0.3) is 0 Å². The Bertz CT molecular complexity index is 442. The van der Waals surface area contributed by atoms with Crippen LogP contribution in [0.2, 0.25) is 0 Å². The van der Waals surface area contributed by atoms with Gasteiger partial charge in [-0.2, -0.15) is 0 Å². The van der Waals surface area contributed by atoms with Gasteiger partial charge in [-0.3, -0.25) is 9.89 Å². The summed E-state index contributed by atoms with van der Waals surface area (Å²) in [6.07, 6.45) is 4.95. The first kappa shape index (κ1) is 21.7. The highest BCUT2D eigenvalue weighted by Crippen LogP contribution is 2.20. The molecule has 1 aliphatic rings. The van der Waals surface area contributed by atoms with Crippen molar-refractivity contribution >= 4 is 41.3 Å². The van der Waals surface area contributed by atoms with Gasteiger partial charge in [0.05, 0.1) is 0 Å². The van der Waals surface area contributed by atoms with Gasteiger partial charge in [-0.25, -0.2) is 0 Å². The van der Waals surface area contributed by atoms with Gasteiger partial charge < -0.3 is 10.6 Å². The van der Waals surface area contributed by atoms with Gasteiger partial charge in [0, 0.05) is 31.1 Å². The van der Waals surface area contributed by atoms with Crippen LogP contribution in [0.3, 0.4) is 0 Å². The van der Waals surface area contributed by atoms with E-state index in [0.29, 0.717) is 0 Å². The highest BCUT2D eigenvalue weighted by molar-refractivity contribution is 14.0. The van der Waals surface area contributed by atoms with Crippen molar-refractivity contribution in [3.8, 4) is 0 Å². The lowest BCUT2D eigenvalue weighted by atomic mass is 9.97. The zero-order valence-corrected chi connectivity index (χ0v) is 18.2. The fraction of sp³-hybridized carbons (Fsp3) is 0.722. The molecular weight excluding hydrogens is 431 g/mol. The van der Waals surface area contributed by atoms with Crippen molar-refractivity contribution in [3.63, 3.8) is 0 Å². The van der Waals surface area contributed by atoms with E-state index in [1.165, 1.54) is 43.6 Å². The topological polar surface area (TPSA) is 39.7 Å². The SMILES string of the molecule is CCCCNC(=NCC1CCN(Cc2cccs2)CC1)NCC.I. The Hall–Kier alpha value is -0.340. The fourth-order valence-corrected chi connectivity index (χ4v) is 3.64. The zero-order valence-electron chi connectivity index (χ0n) is 15.1. The van der Waals surface area contributed by atoms with Gasteiger partial charge in [-0.15, -0.1) is 35.3 Å². The summed E-state index contributed by atoms with van der Waals surface area (Å²) in [5.41, 5.74) is 0. The molecule has 1 aliphatic heterocycles. The van der Waals surface area contributed by atoms with Gasteiger partial charge in [0.15, 0.2) is 5.96 Å². The molecule has 0 aliphatic carbocycles. The van der Waals surface area contributed by atoms with Gasteiger partial charge in [-0.1, -0.05) is 19.4 Å².